The van der Waals surface area contributed by atoms with Gasteiger partial charge in [0.05, 0.1) is 17.7 Å². The molecule has 0 spiro atoms. The molecular formula is C23H21FN2O3. The lowest BCUT2D eigenvalue weighted by molar-refractivity contribution is 0.0665. The number of carbonyl (C=O) groups is 1. The Morgan fingerprint density at radius 1 is 1.14 bits per heavy atom. The first kappa shape index (κ1) is 20.2. The van der Waals surface area contributed by atoms with Gasteiger partial charge in [0.15, 0.2) is 5.76 Å². The van der Waals surface area contributed by atoms with Crippen molar-refractivity contribution in [1.82, 2.24) is 4.90 Å². The van der Waals surface area contributed by atoms with Crippen LogP contribution in [-0.2, 0) is 6.61 Å². The first-order chi connectivity index (χ1) is 14.0. The molecule has 0 radical (unpaired) electrons. The quantitative estimate of drug-likeness (QED) is 0.561. The Morgan fingerprint density at radius 3 is 2.45 bits per heavy atom. The van der Waals surface area contributed by atoms with Gasteiger partial charge in [-0.15, -0.1) is 0 Å². The van der Waals surface area contributed by atoms with Gasteiger partial charge in [-0.2, -0.15) is 5.26 Å². The average Bonchev–Trinajstić information content (AvgIpc) is 3.23. The van der Waals surface area contributed by atoms with Crippen molar-refractivity contribution in [2.45, 2.75) is 26.5 Å². The van der Waals surface area contributed by atoms with Gasteiger partial charge in [-0.25, -0.2) is 4.39 Å². The van der Waals surface area contributed by atoms with Crippen molar-refractivity contribution < 1.29 is 18.3 Å². The van der Waals surface area contributed by atoms with E-state index in [-0.39, 0.29) is 30.1 Å². The molecular weight excluding hydrogens is 371 g/mol. The Labute approximate surface area is 168 Å². The van der Waals surface area contributed by atoms with Crippen LogP contribution in [0.1, 0.15) is 47.3 Å². The van der Waals surface area contributed by atoms with E-state index in [1.54, 1.807) is 29.2 Å². The summed E-state index contributed by atoms with van der Waals surface area (Å²) in [5.41, 5.74) is 1.51. The fourth-order valence-corrected chi connectivity index (χ4v) is 3.01. The fraction of sp³-hybridized carbons (Fsp3) is 0.217. The zero-order valence-corrected chi connectivity index (χ0v) is 16.3. The Hall–Kier alpha value is -3.59. The topological polar surface area (TPSA) is 66.5 Å². The van der Waals surface area contributed by atoms with E-state index in [2.05, 4.69) is 6.07 Å². The Bertz CT molecular complexity index is 1000. The smallest absolute Gasteiger partial charge is 0.290 e. The number of furan rings is 1. The number of nitrogens with zero attached hydrogens (tertiary/aromatic N) is 2. The molecule has 3 rings (SSSR count). The van der Waals surface area contributed by atoms with Gasteiger partial charge >= 0.3 is 0 Å². The lowest BCUT2D eigenvalue weighted by Gasteiger charge is -2.27. The maximum atomic E-state index is 12.9. The molecule has 0 saturated carbocycles. The summed E-state index contributed by atoms with van der Waals surface area (Å²) in [7, 11) is 0. The number of halogens is 1. The molecule has 0 aliphatic carbocycles. The molecule has 0 bridgehead atoms. The molecule has 1 aromatic heterocycles. The van der Waals surface area contributed by atoms with Crippen molar-refractivity contribution >= 4 is 5.91 Å². The molecule has 0 fully saturated rings. The molecule has 2 aromatic carbocycles. The van der Waals surface area contributed by atoms with Crippen LogP contribution in [0.3, 0.4) is 0 Å². The molecule has 0 aliphatic rings. The van der Waals surface area contributed by atoms with Crippen LogP contribution in [0.15, 0.2) is 65.1 Å². The molecule has 1 heterocycles. The fourth-order valence-electron chi connectivity index (χ4n) is 3.01. The zero-order valence-electron chi connectivity index (χ0n) is 16.3. The first-order valence-corrected chi connectivity index (χ1v) is 9.30. The van der Waals surface area contributed by atoms with Gasteiger partial charge in [-0.05, 0) is 67.9 Å². The van der Waals surface area contributed by atoms with Gasteiger partial charge in [-0.1, -0.05) is 12.1 Å². The minimum absolute atomic E-state index is 0.135. The largest absolute Gasteiger partial charge is 0.486 e. The molecule has 1 atom stereocenters. The molecule has 3 aromatic rings. The van der Waals surface area contributed by atoms with E-state index in [4.69, 9.17) is 14.4 Å². The highest BCUT2D eigenvalue weighted by atomic mass is 19.1. The third-order valence-electron chi connectivity index (χ3n) is 4.66. The SMILES string of the molecule is CCN(C(=O)c1ccc(COc2ccc(F)cc2)o1)C(C)c1ccc(C#N)cc1. The monoisotopic (exact) mass is 392 g/mol. The second-order valence-corrected chi connectivity index (χ2v) is 6.51. The predicted molar refractivity (Wildman–Crippen MR) is 106 cm³/mol. The number of nitriles is 1. The number of hydrogen-bond acceptors (Lipinski definition) is 4. The Balaban J connectivity index is 1.67. The molecule has 0 aliphatic heterocycles. The van der Waals surface area contributed by atoms with Crippen LogP contribution in [0.25, 0.3) is 0 Å². The van der Waals surface area contributed by atoms with Gasteiger partial charge in [0, 0.05) is 6.54 Å². The van der Waals surface area contributed by atoms with Crippen molar-refractivity contribution in [3.63, 3.8) is 0 Å². The average molecular weight is 392 g/mol. The van der Waals surface area contributed by atoms with Crippen molar-refractivity contribution in [3.05, 3.63) is 89.1 Å². The number of carbonyl (C=O) groups excluding carboxylic acids is 1. The number of rotatable bonds is 7. The van der Waals surface area contributed by atoms with Crippen LogP contribution in [0.5, 0.6) is 5.75 Å². The molecule has 1 amide bonds. The van der Waals surface area contributed by atoms with E-state index in [9.17, 15) is 9.18 Å². The molecule has 29 heavy (non-hydrogen) atoms. The van der Waals surface area contributed by atoms with Crippen molar-refractivity contribution in [2.24, 2.45) is 0 Å². The van der Waals surface area contributed by atoms with E-state index < -0.39 is 0 Å². The highest BCUT2D eigenvalue weighted by Gasteiger charge is 2.24. The van der Waals surface area contributed by atoms with Gasteiger partial charge in [0.1, 0.15) is 23.9 Å². The summed E-state index contributed by atoms with van der Waals surface area (Å²) in [5, 5.41) is 8.94. The van der Waals surface area contributed by atoms with Crippen LogP contribution in [0.4, 0.5) is 4.39 Å². The highest BCUT2D eigenvalue weighted by molar-refractivity contribution is 5.91. The minimum Gasteiger partial charge on any atom is -0.486 e. The lowest BCUT2D eigenvalue weighted by atomic mass is 10.0. The third-order valence-corrected chi connectivity index (χ3v) is 4.66. The Morgan fingerprint density at radius 2 is 1.83 bits per heavy atom. The second kappa shape index (κ2) is 9.07. The van der Waals surface area contributed by atoms with E-state index >= 15 is 0 Å². The second-order valence-electron chi connectivity index (χ2n) is 6.51. The summed E-state index contributed by atoms with van der Waals surface area (Å²) in [5.74, 6) is 0.682. The molecule has 6 heteroatoms. The Kier molecular flexibility index (Phi) is 6.30. The summed E-state index contributed by atoms with van der Waals surface area (Å²) in [6.07, 6.45) is 0. The van der Waals surface area contributed by atoms with Crippen molar-refractivity contribution in [2.75, 3.05) is 6.54 Å². The van der Waals surface area contributed by atoms with Crippen molar-refractivity contribution in [3.8, 4) is 11.8 Å². The van der Waals surface area contributed by atoms with Crippen LogP contribution in [-0.4, -0.2) is 17.4 Å². The molecule has 0 N–H and O–H groups in total. The van der Waals surface area contributed by atoms with Crippen LogP contribution in [0, 0.1) is 17.1 Å². The number of amides is 1. The summed E-state index contributed by atoms with van der Waals surface area (Å²) in [4.78, 5) is 14.6. The summed E-state index contributed by atoms with van der Waals surface area (Å²) < 4.78 is 24.2. The van der Waals surface area contributed by atoms with Gasteiger partial charge in [0.2, 0.25) is 0 Å². The van der Waals surface area contributed by atoms with Crippen LogP contribution >= 0.6 is 0 Å². The normalized spacial score (nSPS) is 11.5. The molecule has 5 nitrogen and oxygen atoms in total. The summed E-state index contributed by atoms with van der Waals surface area (Å²) >= 11 is 0. The number of hydrogen-bond donors (Lipinski definition) is 0. The summed E-state index contributed by atoms with van der Waals surface area (Å²) in [6, 6.07) is 18.1. The third kappa shape index (κ3) is 4.82. The summed E-state index contributed by atoms with van der Waals surface area (Å²) in [6.45, 7) is 4.47. The molecule has 1 unspecified atom stereocenters. The van der Waals surface area contributed by atoms with Gasteiger partial charge in [-0.3, -0.25) is 4.79 Å². The van der Waals surface area contributed by atoms with Gasteiger partial charge in [0.25, 0.3) is 5.91 Å². The zero-order chi connectivity index (χ0) is 20.8. The number of ether oxygens (including phenoxy) is 1. The van der Waals surface area contributed by atoms with Gasteiger partial charge < -0.3 is 14.1 Å². The minimum atomic E-state index is -0.334. The molecule has 0 saturated heterocycles. The maximum absolute atomic E-state index is 12.9. The van der Waals surface area contributed by atoms with Crippen molar-refractivity contribution in [1.29, 1.82) is 5.26 Å². The number of benzene rings is 2. The standard InChI is InChI=1S/C23H21FN2O3/c1-3-26(16(2)18-6-4-17(14-25)5-7-18)23(27)22-13-12-21(29-22)15-28-20-10-8-19(24)9-11-20/h4-13,16H,3,15H2,1-2H3. The maximum Gasteiger partial charge on any atom is 0.290 e. The van der Waals surface area contributed by atoms with E-state index in [1.807, 2.05) is 26.0 Å². The lowest BCUT2D eigenvalue weighted by Crippen LogP contribution is -2.33. The predicted octanol–water partition coefficient (Wildman–Crippen LogP) is 5.09. The van der Waals surface area contributed by atoms with Crippen LogP contribution in [0.2, 0.25) is 0 Å². The van der Waals surface area contributed by atoms with E-state index in [0.717, 1.165) is 5.56 Å². The van der Waals surface area contributed by atoms with Crippen LogP contribution < -0.4 is 4.74 Å². The first-order valence-electron chi connectivity index (χ1n) is 9.30. The van der Waals surface area contributed by atoms with E-state index in [1.165, 1.54) is 24.3 Å². The van der Waals surface area contributed by atoms with E-state index in [0.29, 0.717) is 23.6 Å². The highest BCUT2D eigenvalue weighted by Crippen LogP contribution is 2.24. The molecule has 148 valence electrons.